The fourth-order valence-electron chi connectivity index (χ4n) is 1.81. The zero-order valence-electron chi connectivity index (χ0n) is 9.91. The van der Waals surface area contributed by atoms with E-state index in [1.165, 1.54) is 18.3 Å². The summed E-state index contributed by atoms with van der Waals surface area (Å²) in [5, 5.41) is 0.900. The fraction of sp³-hybridized carbons (Fsp3) is 0.154. The highest BCUT2D eigenvalue weighted by Crippen LogP contribution is 2.29. The van der Waals surface area contributed by atoms with Gasteiger partial charge in [-0.15, -0.1) is 0 Å². The van der Waals surface area contributed by atoms with E-state index in [-0.39, 0.29) is 5.69 Å². The SMILES string of the molecule is NNC(Cc1cccc(Cl)c1Cl)c1ncccc1F. The third kappa shape index (κ3) is 3.22. The Labute approximate surface area is 120 Å². The highest BCUT2D eigenvalue weighted by atomic mass is 35.5. The Kier molecular flexibility index (Phi) is 4.71. The van der Waals surface area contributed by atoms with Crippen LogP contribution in [-0.2, 0) is 6.42 Å². The molecule has 0 saturated carbocycles. The maximum Gasteiger partial charge on any atom is 0.146 e. The number of aromatic nitrogens is 1. The topological polar surface area (TPSA) is 50.9 Å². The van der Waals surface area contributed by atoms with Gasteiger partial charge in [-0.1, -0.05) is 35.3 Å². The number of hydrazine groups is 1. The summed E-state index contributed by atoms with van der Waals surface area (Å²) in [5.41, 5.74) is 3.58. The number of nitrogens with one attached hydrogen (secondary N) is 1. The van der Waals surface area contributed by atoms with Crippen molar-refractivity contribution < 1.29 is 4.39 Å². The summed E-state index contributed by atoms with van der Waals surface area (Å²) in [6.45, 7) is 0. The molecule has 0 aliphatic rings. The summed E-state index contributed by atoms with van der Waals surface area (Å²) in [5.74, 6) is 5.06. The summed E-state index contributed by atoms with van der Waals surface area (Å²) in [4.78, 5) is 4.00. The number of nitrogens with two attached hydrogens (primary N) is 1. The molecule has 0 aliphatic heterocycles. The van der Waals surface area contributed by atoms with E-state index in [2.05, 4.69) is 10.4 Å². The average molecular weight is 300 g/mol. The molecule has 100 valence electrons. The fourth-order valence-corrected chi connectivity index (χ4v) is 2.21. The molecule has 1 heterocycles. The van der Waals surface area contributed by atoms with E-state index in [9.17, 15) is 4.39 Å². The predicted molar refractivity (Wildman–Crippen MR) is 74.4 cm³/mol. The zero-order valence-corrected chi connectivity index (χ0v) is 11.4. The normalized spacial score (nSPS) is 12.4. The third-order valence-electron chi connectivity index (χ3n) is 2.77. The van der Waals surface area contributed by atoms with Crippen LogP contribution < -0.4 is 11.3 Å². The van der Waals surface area contributed by atoms with Gasteiger partial charge in [0.15, 0.2) is 0 Å². The van der Waals surface area contributed by atoms with Crippen LogP contribution in [0, 0.1) is 5.82 Å². The molecule has 0 saturated heterocycles. The van der Waals surface area contributed by atoms with E-state index in [0.717, 1.165) is 5.56 Å². The quantitative estimate of drug-likeness (QED) is 0.673. The van der Waals surface area contributed by atoms with E-state index in [1.54, 1.807) is 12.1 Å². The average Bonchev–Trinajstić information content (AvgIpc) is 2.41. The van der Waals surface area contributed by atoms with Crippen LogP contribution in [0.3, 0.4) is 0 Å². The highest BCUT2D eigenvalue weighted by Gasteiger charge is 2.18. The Bertz CT molecular complexity index is 578. The van der Waals surface area contributed by atoms with Crippen LogP contribution in [0.25, 0.3) is 0 Å². The number of rotatable bonds is 4. The predicted octanol–water partition coefficient (Wildman–Crippen LogP) is 3.27. The van der Waals surface area contributed by atoms with Gasteiger partial charge in [0.05, 0.1) is 21.8 Å². The van der Waals surface area contributed by atoms with Crippen molar-refractivity contribution in [3.8, 4) is 0 Å². The van der Waals surface area contributed by atoms with Crippen molar-refractivity contribution in [2.45, 2.75) is 12.5 Å². The first-order valence-electron chi connectivity index (χ1n) is 5.63. The summed E-state index contributed by atoms with van der Waals surface area (Å²) < 4.78 is 13.7. The number of nitrogens with zero attached hydrogens (tertiary/aromatic N) is 1. The van der Waals surface area contributed by atoms with Crippen LogP contribution in [0.2, 0.25) is 10.0 Å². The molecule has 2 rings (SSSR count). The second-order valence-corrected chi connectivity index (χ2v) is 4.79. The first kappa shape index (κ1) is 14.2. The molecular formula is C13H12Cl2FN3. The van der Waals surface area contributed by atoms with E-state index in [0.29, 0.717) is 16.5 Å². The molecule has 6 heteroatoms. The molecule has 1 aromatic heterocycles. The van der Waals surface area contributed by atoms with Crippen molar-refractivity contribution in [3.63, 3.8) is 0 Å². The lowest BCUT2D eigenvalue weighted by Gasteiger charge is -2.17. The summed E-state index contributed by atoms with van der Waals surface area (Å²) in [7, 11) is 0. The van der Waals surface area contributed by atoms with Crippen LogP contribution in [-0.4, -0.2) is 4.98 Å². The minimum absolute atomic E-state index is 0.251. The Hall–Kier alpha value is -1.20. The molecule has 3 N–H and O–H groups in total. The minimum Gasteiger partial charge on any atom is -0.271 e. The van der Waals surface area contributed by atoms with E-state index < -0.39 is 11.9 Å². The van der Waals surface area contributed by atoms with Crippen LogP contribution in [0.15, 0.2) is 36.5 Å². The molecular weight excluding hydrogens is 288 g/mol. The van der Waals surface area contributed by atoms with Gasteiger partial charge in [-0.25, -0.2) is 4.39 Å². The molecule has 2 aromatic rings. The number of hydrogen-bond donors (Lipinski definition) is 2. The van der Waals surface area contributed by atoms with Gasteiger partial charge in [-0.05, 0) is 30.2 Å². The molecule has 0 amide bonds. The minimum atomic E-state index is -0.475. The van der Waals surface area contributed by atoms with Gasteiger partial charge in [-0.2, -0.15) is 0 Å². The lowest BCUT2D eigenvalue weighted by Crippen LogP contribution is -2.31. The number of hydrogen-bond acceptors (Lipinski definition) is 3. The molecule has 0 fully saturated rings. The highest BCUT2D eigenvalue weighted by molar-refractivity contribution is 6.42. The Morgan fingerprint density at radius 3 is 2.74 bits per heavy atom. The largest absolute Gasteiger partial charge is 0.271 e. The Balaban J connectivity index is 2.30. The molecule has 1 aromatic carbocycles. The van der Waals surface area contributed by atoms with E-state index >= 15 is 0 Å². The molecule has 19 heavy (non-hydrogen) atoms. The first-order valence-corrected chi connectivity index (χ1v) is 6.38. The van der Waals surface area contributed by atoms with Crippen molar-refractivity contribution in [2.75, 3.05) is 0 Å². The van der Waals surface area contributed by atoms with Crippen LogP contribution in [0.1, 0.15) is 17.3 Å². The van der Waals surface area contributed by atoms with Gasteiger partial charge < -0.3 is 0 Å². The maximum atomic E-state index is 13.7. The van der Waals surface area contributed by atoms with Crippen LogP contribution >= 0.6 is 23.2 Å². The van der Waals surface area contributed by atoms with Gasteiger partial charge in [0, 0.05) is 6.20 Å². The van der Waals surface area contributed by atoms with Crippen molar-refractivity contribution >= 4 is 23.2 Å². The lowest BCUT2D eigenvalue weighted by atomic mass is 10.0. The van der Waals surface area contributed by atoms with Gasteiger partial charge in [0.1, 0.15) is 5.82 Å². The van der Waals surface area contributed by atoms with Gasteiger partial charge in [0.2, 0.25) is 0 Å². The van der Waals surface area contributed by atoms with Crippen molar-refractivity contribution in [2.24, 2.45) is 5.84 Å². The smallest absolute Gasteiger partial charge is 0.146 e. The maximum absolute atomic E-state index is 13.7. The summed E-state index contributed by atoms with van der Waals surface area (Å²) in [6, 6.07) is 7.69. The molecule has 0 spiro atoms. The lowest BCUT2D eigenvalue weighted by molar-refractivity contribution is 0.495. The molecule has 0 aliphatic carbocycles. The van der Waals surface area contributed by atoms with Crippen molar-refractivity contribution in [1.82, 2.24) is 10.4 Å². The zero-order chi connectivity index (χ0) is 13.8. The molecule has 0 radical (unpaired) electrons. The Morgan fingerprint density at radius 2 is 2.05 bits per heavy atom. The molecule has 3 nitrogen and oxygen atoms in total. The summed E-state index contributed by atoms with van der Waals surface area (Å²) >= 11 is 12.1. The van der Waals surface area contributed by atoms with Gasteiger partial charge in [-0.3, -0.25) is 16.3 Å². The summed E-state index contributed by atoms with van der Waals surface area (Å²) in [6.07, 6.45) is 1.91. The molecule has 1 atom stereocenters. The van der Waals surface area contributed by atoms with Crippen LogP contribution in [0.4, 0.5) is 4.39 Å². The first-order chi connectivity index (χ1) is 9.13. The molecule has 0 bridgehead atoms. The van der Waals surface area contributed by atoms with Gasteiger partial charge >= 0.3 is 0 Å². The monoisotopic (exact) mass is 299 g/mol. The number of pyridine rings is 1. The standard InChI is InChI=1S/C13H12Cl2FN3/c14-9-4-1-3-8(12(9)15)7-11(19-17)13-10(16)5-2-6-18-13/h1-6,11,19H,7,17H2. The van der Waals surface area contributed by atoms with E-state index in [1.807, 2.05) is 6.07 Å². The third-order valence-corrected chi connectivity index (χ3v) is 3.63. The second kappa shape index (κ2) is 6.30. The number of benzene rings is 1. The van der Waals surface area contributed by atoms with Gasteiger partial charge in [0.25, 0.3) is 0 Å². The number of halogens is 3. The molecule has 1 unspecified atom stereocenters. The second-order valence-electron chi connectivity index (χ2n) is 4.01. The van der Waals surface area contributed by atoms with E-state index in [4.69, 9.17) is 29.0 Å². The van der Waals surface area contributed by atoms with Crippen LogP contribution in [0.5, 0.6) is 0 Å². The van der Waals surface area contributed by atoms with Crippen molar-refractivity contribution in [1.29, 1.82) is 0 Å². The van der Waals surface area contributed by atoms with Crippen molar-refractivity contribution in [3.05, 3.63) is 63.6 Å². The Morgan fingerprint density at radius 1 is 1.26 bits per heavy atom.